The average Bonchev–Trinajstić information content (AvgIpc) is 3.03. The zero-order chi connectivity index (χ0) is 28.5. The Kier molecular flexibility index (Phi) is 10.3. The Morgan fingerprint density at radius 3 is 0.725 bits per heavy atom. The summed E-state index contributed by atoms with van der Waals surface area (Å²) >= 11 is 3.48. The van der Waals surface area contributed by atoms with E-state index in [1.165, 1.54) is 9.81 Å². The molecular weight excluding hydrogens is 537 g/mol. The summed E-state index contributed by atoms with van der Waals surface area (Å²) in [5.41, 5.74) is 6.69. The van der Waals surface area contributed by atoms with Crippen molar-refractivity contribution in [1.82, 2.24) is 0 Å². The van der Waals surface area contributed by atoms with Crippen LogP contribution in [0.3, 0.4) is 0 Å². The van der Waals surface area contributed by atoms with E-state index < -0.39 is 0 Å². The van der Waals surface area contributed by atoms with E-state index in [-0.39, 0.29) is 0 Å². The molecule has 4 rings (SSSR count). The minimum atomic E-state index is 0.821. The highest BCUT2D eigenvalue weighted by molar-refractivity contribution is 8.07. The third kappa shape index (κ3) is 6.52. The smallest absolute Gasteiger partial charge is 0.118 e. The monoisotopic (exact) mass is 570 g/mol. The maximum atomic E-state index is 5.46. The van der Waals surface area contributed by atoms with E-state index in [9.17, 15) is 0 Å². The van der Waals surface area contributed by atoms with Gasteiger partial charge in [-0.3, -0.25) is 0 Å². The maximum Gasteiger partial charge on any atom is 0.118 e. The number of hydrogen-bond donors (Lipinski definition) is 0. The molecule has 4 aromatic rings. The zero-order valence-electron chi connectivity index (χ0n) is 23.7. The normalized spacial score (nSPS) is 10.4. The summed E-state index contributed by atoms with van der Waals surface area (Å²) in [6, 6.07) is 33.0. The molecule has 0 fully saturated rings. The van der Waals surface area contributed by atoms with E-state index in [4.69, 9.17) is 18.9 Å². The van der Waals surface area contributed by atoms with E-state index in [0.717, 1.165) is 56.4 Å². The van der Waals surface area contributed by atoms with Gasteiger partial charge < -0.3 is 18.9 Å². The lowest BCUT2D eigenvalue weighted by Gasteiger charge is -2.21. The molecule has 0 N–H and O–H groups in total. The van der Waals surface area contributed by atoms with Crippen LogP contribution in [-0.4, -0.2) is 41.0 Å². The van der Waals surface area contributed by atoms with E-state index in [2.05, 4.69) is 61.0 Å². The van der Waals surface area contributed by atoms with E-state index >= 15 is 0 Å². The molecule has 0 saturated heterocycles. The second-order valence-electron chi connectivity index (χ2n) is 8.73. The van der Waals surface area contributed by atoms with Crippen molar-refractivity contribution in [3.8, 4) is 23.0 Å². The highest BCUT2D eigenvalue weighted by atomic mass is 32.2. The van der Waals surface area contributed by atoms with E-state index in [1.807, 2.05) is 48.5 Å². The predicted molar refractivity (Wildman–Crippen MR) is 171 cm³/mol. The fourth-order valence-electron chi connectivity index (χ4n) is 4.51. The first-order chi connectivity index (χ1) is 19.6. The molecular formula is C34H34O4S2. The van der Waals surface area contributed by atoms with E-state index in [0.29, 0.717) is 0 Å². The maximum absolute atomic E-state index is 5.46. The van der Waals surface area contributed by atoms with Crippen molar-refractivity contribution in [2.75, 3.05) is 41.0 Å². The van der Waals surface area contributed by atoms with Crippen molar-refractivity contribution in [2.24, 2.45) is 0 Å². The Labute approximate surface area is 246 Å². The molecule has 0 bridgehead atoms. The highest BCUT2D eigenvalue weighted by Crippen LogP contribution is 2.45. The number of methoxy groups -OCH3 is 4. The van der Waals surface area contributed by atoms with E-state index in [1.54, 1.807) is 52.0 Å². The minimum Gasteiger partial charge on any atom is -0.497 e. The van der Waals surface area contributed by atoms with Gasteiger partial charge >= 0.3 is 0 Å². The lowest BCUT2D eigenvalue weighted by atomic mass is 9.93. The minimum absolute atomic E-state index is 0.821. The van der Waals surface area contributed by atoms with Crippen LogP contribution in [0.25, 0.3) is 11.1 Å². The average molecular weight is 571 g/mol. The molecule has 4 nitrogen and oxygen atoms in total. The van der Waals surface area contributed by atoms with Crippen LogP contribution in [0.15, 0.2) is 107 Å². The van der Waals surface area contributed by atoms with Crippen LogP contribution in [0.1, 0.15) is 22.3 Å². The van der Waals surface area contributed by atoms with Crippen molar-refractivity contribution in [3.05, 3.63) is 129 Å². The second-order valence-corrected chi connectivity index (χ2v) is 10.4. The first kappa shape index (κ1) is 29.2. The number of benzene rings is 4. The van der Waals surface area contributed by atoms with Crippen molar-refractivity contribution in [3.63, 3.8) is 0 Å². The van der Waals surface area contributed by atoms with Crippen LogP contribution in [0.2, 0.25) is 0 Å². The molecule has 0 aliphatic heterocycles. The highest BCUT2D eigenvalue weighted by Gasteiger charge is 2.21. The number of ether oxygens (including phenoxy) is 4. The first-order valence-electron chi connectivity index (χ1n) is 12.7. The van der Waals surface area contributed by atoms with Gasteiger partial charge in [0.05, 0.1) is 28.4 Å². The molecule has 6 heteroatoms. The molecule has 0 aliphatic carbocycles. The van der Waals surface area contributed by atoms with Gasteiger partial charge in [-0.05, 0) is 83.3 Å². The Hall–Kier alpha value is -3.74. The van der Waals surface area contributed by atoms with Gasteiger partial charge in [-0.2, -0.15) is 0 Å². The van der Waals surface area contributed by atoms with Crippen LogP contribution in [0.5, 0.6) is 23.0 Å². The molecule has 0 radical (unpaired) electrons. The topological polar surface area (TPSA) is 36.9 Å². The van der Waals surface area contributed by atoms with Crippen LogP contribution in [0.4, 0.5) is 0 Å². The molecule has 206 valence electrons. The van der Waals surface area contributed by atoms with Crippen LogP contribution in [-0.2, 0) is 0 Å². The van der Waals surface area contributed by atoms with Gasteiger partial charge in [0.15, 0.2) is 0 Å². The lowest BCUT2D eigenvalue weighted by molar-refractivity contribution is 0.414. The Morgan fingerprint density at radius 2 is 0.575 bits per heavy atom. The van der Waals surface area contributed by atoms with Crippen LogP contribution < -0.4 is 18.9 Å². The summed E-state index contributed by atoms with van der Waals surface area (Å²) < 4.78 is 21.8. The van der Waals surface area contributed by atoms with Crippen molar-refractivity contribution < 1.29 is 18.9 Å². The van der Waals surface area contributed by atoms with Crippen LogP contribution in [0, 0.1) is 0 Å². The van der Waals surface area contributed by atoms with Gasteiger partial charge in [-0.1, -0.05) is 48.5 Å². The molecule has 0 aliphatic rings. The number of hydrogen-bond acceptors (Lipinski definition) is 6. The molecule has 0 saturated carbocycles. The molecule has 40 heavy (non-hydrogen) atoms. The fraction of sp³-hybridized carbons (Fsp3) is 0.176. The van der Waals surface area contributed by atoms with Gasteiger partial charge in [-0.25, -0.2) is 0 Å². The molecule has 0 spiro atoms. The third-order valence-corrected chi connectivity index (χ3v) is 8.35. The number of rotatable bonds is 11. The molecule has 0 aromatic heterocycles. The molecule has 4 aromatic carbocycles. The third-order valence-electron chi connectivity index (χ3n) is 6.58. The Morgan fingerprint density at radius 1 is 0.375 bits per heavy atom. The molecule has 0 atom stereocenters. The second kappa shape index (κ2) is 14.1. The van der Waals surface area contributed by atoms with Crippen molar-refractivity contribution in [1.29, 1.82) is 0 Å². The van der Waals surface area contributed by atoms with Gasteiger partial charge in [0.1, 0.15) is 23.0 Å². The number of thioether (sulfide) groups is 2. The lowest BCUT2D eigenvalue weighted by Crippen LogP contribution is -1.99. The molecule has 0 heterocycles. The fourth-order valence-corrected chi connectivity index (χ4v) is 6.46. The SMILES string of the molecule is COc1ccc(C(=C(SC)C(SC)=C(c2ccc(OC)cc2)c2ccc(OC)cc2)c2ccc(OC)cc2)cc1. The quantitative estimate of drug-likeness (QED) is 0.168. The standard InChI is InChI=1S/C34H34O4S2/c1-35-27-15-7-23(8-16-27)31(24-9-17-28(36-2)18-10-24)33(39-5)34(40-6)32(25-11-19-29(37-3)20-12-25)26-13-21-30(38-4)22-14-26/h7-22H,1-6H3. The molecule has 0 amide bonds. The Balaban J connectivity index is 2.07. The largest absolute Gasteiger partial charge is 0.497 e. The van der Waals surface area contributed by atoms with Gasteiger partial charge in [0.2, 0.25) is 0 Å². The zero-order valence-corrected chi connectivity index (χ0v) is 25.3. The van der Waals surface area contributed by atoms with Crippen molar-refractivity contribution >= 4 is 34.7 Å². The summed E-state index contributed by atoms with van der Waals surface area (Å²) in [7, 11) is 6.75. The summed E-state index contributed by atoms with van der Waals surface area (Å²) in [4.78, 5) is 2.34. The van der Waals surface area contributed by atoms with Gasteiger partial charge in [-0.15, -0.1) is 23.5 Å². The first-order valence-corrected chi connectivity index (χ1v) is 15.2. The summed E-state index contributed by atoms with van der Waals surface area (Å²) in [6.07, 6.45) is 4.27. The molecule has 0 unspecified atom stereocenters. The summed E-state index contributed by atoms with van der Waals surface area (Å²) in [5.74, 6) is 3.28. The predicted octanol–water partition coefficient (Wildman–Crippen LogP) is 8.67. The summed E-state index contributed by atoms with van der Waals surface area (Å²) in [5, 5.41) is 0. The van der Waals surface area contributed by atoms with Crippen LogP contribution >= 0.6 is 23.5 Å². The van der Waals surface area contributed by atoms with Crippen molar-refractivity contribution in [2.45, 2.75) is 0 Å². The summed E-state index contributed by atoms with van der Waals surface area (Å²) in [6.45, 7) is 0. The Bertz CT molecular complexity index is 1240. The van der Waals surface area contributed by atoms with Gasteiger partial charge in [0, 0.05) is 21.0 Å². The van der Waals surface area contributed by atoms with Gasteiger partial charge in [0.25, 0.3) is 0 Å².